The average Bonchev–Trinajstić information content (AvgIpc) is 3.33. The zero-order valence-electron chi connectivity index (χ0n) is 17.7. The molecule has 0 aliphatic heterocycles. The van der Waals surface area contributed by atoms with Gasteiger partial charge in [0, 0.05) is 33.2 Å². The quantitative estimate of drug-likeness (QED) is 0.284. The van der Waals surface area contributed by atoms with Crippen molar-refractivity contribution in [2.45, 2.75) is 18.8 Å². The lowest BCUT2D eigenvalue weighted by molar-refractivity contribution is -0.137. The number of hydrogen-bond acceptors (Lipinski definition) is 2. The molecule has 4 N–H and O–H groups in total. The minimum Gasteiger partial charge on any atom is -0.481 e. The molecule has 2 aromatic heterocycles. The molecule has 0 bridgehead atoms. The number of nitrogens with one attached hydrogen (secondary N) is 2. The van der Waals surface area contributed by atoms with Crippen molar-refractivity contribution in [2.75, 3.05) is 0 Å². The van der Waals surface area contributed by atoms with E-state index in [2.05, 4.69) is 9.97 Å². The van der Waals surface area contributed by atoms with E-state index in [1.54, 1.807) is 0 Å². The maximum Gasteiger partial charge on any atom is 0.307 e. The second-order valence-electron chi connectivity index (χ2n) is 8.11. The largest absolute Gasteiger partial charge is 0.481 e. The predicted octanol–water partition coefficient (Wildman–Crippen LogP) is 5.08. The third-order valence-corrected chi connectivity index (χ3v) is 6.06. The van der Waals surface area contributed by atoms with Crippen LogP contribution in [0.25, 0.3) is 21.8 Å². The Labute approximate surface area is 189 Å². The molecule has 3 aromatic carbocycles. The van der Waals surface area contributed by atoms with Gasteiger partial charge in [0.05, 0.1) is 18.8 Å². The van der Waals surface area contributed by atoms with E-state index in [-0.39, 0.29) is 12.8 Å². The summed E-state index contributed by atoms with van der Waals surface area (Å²) in [6.07, 6.45) is -0.283. The summed E-state index contributed by atoms with van der Waals surface area (Å²) >= 11 is 0. The molecule has 164 valence electrons. The number of para-hydroxylation sites is 2. The number of benzene rings is 3. The van der Waals surface area contributed by atoms with Crippen LogP contribution in [0.15, 0.2) is 78.9 Å². The molecule has 6 nitrogen and oxygen atoms in total. The molecule has 0 spiro atoms. The summed E-state index contributed by atoms with van der Waals surface area (Å²) in [4.78, 5) is 30.5. The highest BCUT2D eigenvalue weighted by Crippen LogP contribution is 2.40. The van der Waals surface area contributed by atoms with Crippen molar-refractivity contribution in [3.8, 4) is 0 Å². The van der Waals surface area contributed by atoms with E-state index in [0.29, 0.717) is 11.1 Å². The second kappa shape index (κ2) is 8.31. The standard InChI is InChI=1S/C27H22N2O4/c30-23(31)14-19-17-10-4-6-12-21(17)28-26(19)25(16-8-2-1-3-9-16)27-20(15-24(32)33)18-11-5-7-13-22(18)29-27/h1-13,25,28-29H,14-15H2,(H,30,31)(H,32,33). The van der Waals surface area contributed by atoms with Crippen LogP contribution in [-0.4, -0.2) is 32.1 Å². The van der Waals surface area contributed by atoms with Crippen LogP contribution in [0.4, 0.5) is 0 Å². The zero-order chi connectivity index (χ0) is 22.9. The molecule has 0 saturated heterocycles. The number of carboxylic acid groups (broad SMARTS) is 2. The predicted molar refractivity (Wildman–Crippen MR) is 127 cm³/mol. The Morgan fingerprint density at radius 3 is 1.52 bits per heavy atom. The lowest BCUT2D eigenvalue weighted by atomic mass is 9.86. The van der Waals surface area contributed by atoms with Crippen LogP contribution in [0.2, 0.25) is 0 Å². The first-order chi connectivity index (χ1) is 16.0. The summed E-state index contributed by atoms with van der Waals surface area (Å²) in [5.74, 6) is -2.24. The molecule has 0 amide bonds. The van der Waals surface area contributed by atoms with Gasteiger partial charge in [0.25, 0.3) is 0 Å². The zero-order valence-corrected chi connectivity index (χ0v) is 17.7. The van der Waals surface area contributed by atoms with Crippen molar-refractivity contribution < 1.29 is 19.8 Å². The van der Waals surface area contributed by atoms with E-state index in [0.717, 1.165) is 38.8 Å². The lowest BCUT2D eigenvalue weighted by Gasteiger charge is -2.19. The fourth-order valence-corrected chi connectivity index (χ4v) is 4.74. The second-order valence-corrected chi connectivity index (χ2v) is 8.11. The van der Waals surface area contributed by atoms with Gasteiger partial charge in [0.15, 0.2) is 0 Å². The van der Waals surface area contributed by atoms with Gasteiger partial charge in [-0.25, -0.2) is 0 Å². The number of rotatable bonds is 7. The third kappa shape index (κ3) is 3.76. The Bertz CT molecular complexity index is 1390. The number of carbonyl (C=O) groups is 2. The lowest BCUT2D eigenvalue weighted by Crippen LogP contribution is -2.12. The maximum atomic E-state index is 11.8. The molecule has 0 atom stereocenters. The Morgan fingerprint density at radius 1 is 0.636 bits per heavy atom. The Balaban J connectivity index is 1.84. The number of aromatic nitrogens is 2. The van der Waals surface area contributed by atoms with Crippen LogP contribution in [-0.2, 0) is 22.4 Å². The number of H-pyrrole nitrogens is 2. The number of hydrogen-bond donors (Lipinski definition) is 4. The number of carboxylic acids is 2. The molecular formula is C27H22N2O4. The van der Waals surface area contributed by atoms with Crippen molar-refractivity contribution in [3.05, 3.63) is 107 Å². The summed E-state index contributed by atoms with van der Waals surface area (Å²) in [5, 5.41) is 21.1. The van der Waals surface area contributed by atoms with E-state index in [1.807, 2.05) is 78.9 Å². The Morgan fingerprint density at radius 2 is 1.06 bits per heavy atom. The summed E-state index contributed by atoms with van der Waals surface area (Å²) in [5.41, 5.74) is 5.54. The van der Waals surface area contributed by atoms with Crippen LogP contribution >= 0.6 is 0 Å². The highest BCUT2D eigenvalue weighted by molar-refractivity contribution is 5.91. The smallest absolute Gasteiger partial charge is 0.307 e. The number of aromatic amines is 2. The fraction of sp³-hybridized carbons (Fsp3) is 0.111. The summed E-state index contributed by atoms with van der Waals surface area (Å²) in [7, 11) is 0. The van der Waals surface area contributed by atoms with Crippen molar-refractivity contribution in [2.24, 2.45) is 0 Å². The number of aliphatic carboxylic acids is 2. The van der Waals surface area contributed by atoms with Gasteiger partial charge >= 0.3 is 11.9 Å². The molecule has 0 aliphatic carbocycles. The van der Waals surface area contributed by atoms with E-state index in [4.69, 9.17) is 0 Å². The first-order valence-electron chi connectivity index (χ1n) is 10.7. The van der Waals surface area contributed by atoms with Gasteiger partial charge < -0.3 is 20.2 Å². The molecule has 6 heteroatoms. The molecule has 5 rings (SSSR count). The summed E-state index contributed by atoms with van der Waals surface area (Å²) in [6, 6.07) is 25.0. The van der Waals surface area contributed by atoms with Gasteiger partial charge in [-0.1, -0.05) is 66.7 Å². The highest BCUT2D eigenvalue weighted by atomic mass is 16.4. The third-order valence-electron chi connectivity index (χ3n) is 6.06. The maximum absolute atomic E-state index is 11.8. The highest BCUT2D eigenvalue weighted by Gasteiger charge is 2.29. The van der Waals surface area contributed by atoms with E-state index in [1.165, 1.54) is 0 Å². The first-order valence-corrected chi connectivity index (χ1v) is 10.7. The monoisotopic (exact) mass is 438 g/mol. The first kappa shape index (κ1) is 20.6. The summed E-state index contributed by atoms with van der Waals surface area (Å²) in [6.45, 7) is 0. The van der Waals surface area contributed by atoms with E-state index >= 15 is 0 Å². The van der Waals surface area contributed by atoms with Gasteiger partial charge in [-0.2, -0.15) is 0 Å². The van der Waals surface area contributed by atoms with Gasteiger partial charge in [-0.3, -0.25) is 9.59 Å². The normalized spacial score (nSPS) is 11.4. The molecular weight excluding hydrogens is 416 g/mol. The van der Waals surface area contributed by atoms with Crippen LogP contribution in [0.1, 0.15) is 34.0 Å². The molecule has 0 aliphatic rings. The van der Waals surface area contributed by atoms with Gasteiger partial charge in [-0.15, -0.1) is 0 Å². The van der Waals surface area contributed by atoms with Crippen LogP contribution < -0.4 is 0 Å². The van der Waals surface area contributed by atoms with Crippen molar-refractivity contribution >= 4 is 33.7 Å². The van der Waals surface area contributed by atoms with Crippen molar-refractivity contribution in [1.29, 1.82) is 0 Å². The minimum atomic E-state index is -0.921. The molecule has 5 aromatic rings. The van der Waals surface area contributed by atoms with E-state index in [9.17, 15) is 19.8 Å². The topological polar surface area (TPSA) is 106 Å². The van der Waals surface area contributed by atoms with E-state index < -0.39 is 17.9 Å². The molecule has 0 fully saturated rings. The van der Waals surface area contributed by atoms with Crippen LogP contribution in [0, 0.1) is 0 Å². The molecule has 2 heterocycles. The SMILES string of the molecule is O=C(O)Cc1c(C(c2ccccc2)c2[nH]c3ccccc3c2CC(=O)O)[nH]c2ccccc12. The van der Waals surface area contributed by atoms with Gasteiger partial charge in [0.1, 0.15) is 0 Å². The summed E-state index contributed by atoms with van der Waals surface area (Å²) < 4.78 is 0. The van der Waals surface area contributed by atoms with Gasteiger partial charge in [0.2, 0.25) is 0 Å². The molecule has 0 saturated carbocycles. The Kier molecular flexibility index (Phi) is 5.18. The molecule has 0 radical (unpaired) electrons. The minimum absolute atomic E-state index is 0.142. The fourth-order valence-electron chi connectivity index (χ4n) is 4.74. The van der Waals surface area contributed by atoms with Crippen LogP contribution in [0.3, 0.4) is 0 Å². The Hall–Kier alpha value is -4.32. The molecule has 0 unspecified atom stereocenters. The van der Waals surface area contributed by atoms with Crippen LogP contribution in [0.5, 0.6) is 0 Å². The van der Waals surface area contributed by atoms with Crippen molar-refractivity contribution in [3.63, 3.8) is 0 Å². The number of fused-ring (bicyclic) bond motifs is 2. The average molecular weight is 438 g/mol. The molecule has 33 heavy (non-hydrogen) atoms. The van der Waals surface area contributed by atoms with Crippen molar-refractivity contribution in [1.82, 2.24) is 9.97 Å². The van der Waals surface area contributed by atoms with Gasteiger partial charge in [-0.05, 0) is 28.8 Å².